The van der Waals surface area contributed by atoms with Gasteiger partial charge in [0.1, 0.15) is 0 Å². The van der Waals surface area contributed by atoms with Gasteiger partial charge in [0.05, 0.1) is 0 Å². The van der Waals surface area contributed by atoms with Gasteiger partial charge in [-0.1, -0.05) is 79.1 Å². The second-order valence-electron chi connectivity index (χ2n) is 7.44. The fourth-order valence-electron chi connectivity index (χ4n) is 1.96. The minimum atomic E-state index is -1.50. The summed E-state index contributed by atoms with van der Waals surface area (Å²) in [5.74, 6) is 0. The fourth-order valence-corrected chi connectivity index (χ4v) is 3.04. The van der Waals surface area contributed by atoms with Crippen LogP contribution in [-0.4, -0.2) is 14.9 Å². The fraction of sp³-hybridized carbons (Fsp3) is 1.00. The van der Waals surface area contributed by atoms with Crippen LogP contribution < -0.4 is 0 Å². The summed E-state index contributed by atoms with van der Waals surface area (Å²) < 4.78 is 6.19. The molecule has 0 radical (unpaired) electrons. The first-order valence-corrected chi connectivity index (χ1v) is 11.4. The zero-order valence-electron chi connectivity index (χ0n) is 14.5. The van der Waals surface area contributed by atoms with Crippen LogP contribution in [0.25, 0.3) is 0 Å². The Bertz CT molecular complexity index is 206. The lowest BCUT2D eigenvalue weighted by Crippen LogP contribution is -2.40. The largest absolute Gasteiger partial charge is 0.417 e. The molecular formula is C17H38OSi. The summed E-state index contributed by atoms with van der Waals surface area (Å²) >= 11 is 0. The van der Waals surface area contributed by atoms with E-state index in [0.717, 1.165) is 6.61 Å². The van der Waals surface area contributed by atoms with Crippen LogP contribution in [-0.2, 0) is 4.43 Å². The zero-order chi connectivity index (χ0) is 14.8. The van der Waals surface area contributed by atoms with E-state index >= 15 is 0 Å². The van der Waals surface area contributed by atoms with Crippen molar-refractivity contribution in [3.8, 4) is 0 Å². The van der Waals surface area contributed by atoms with Gasteiger partial charge < -0.3 is 4.43 Å². The summed E-state index contributed by atoms with van der Waals surface area (Å²) in [7, 11) is -1.50. The number of hydrogen-bond acceptors (Lipinski definition) is 1. The Morgan fingerprint density at radius 3 is 1.58 bits per heavy atom. The van der Waals surface area contributed by atoms with Crippen molar-refractivity contribution in [1.29, 1.82) is 0 Å². The number of unbranched alkanes of at least 4 members (excludes halogenated alkanes) is 8. The molecule has 0 aliphatic heterocycles. The van der Waals surface area contributed by atoms with Gasteiger partial charge in [-0.3, -0.25) is 0 Å². The molecule has 0 spiro atoms. The van der Waals surface area contributed by atoms with Crippen LogP contribution in [0.2, 0.25) is 18.1 Å². The van der Waals surface area contributed by atoms with Crippen LogP contribution in [0.4, 0.5) is 0 Å². The van der Waals surface area contributed by atoms with Gasteiger partial charge >= 0.3 is 0 Å². The first-order valence-electron chi connectivity index (χ1n) is 8.45. The summed E-state index contributed by atoms with van der Waals surface area (Å²) in [6, 6.07) is 0. The van der Waals surface area contributed by atoms with Crippen molar-refractivity contribution in [3.63, 3.8) is 0 Å². The molecule has 0 heterocycles. The van der Waals surface area contributed by atoms with Crippen LogP contribution in [0.1, 0.15) is 85.5 Å². The lowest BCUT2D eigenvalue weighted by atomic mass is 10.1. The molecule has 0 aliphatic carbocycles. The van der Waals surface area contributed by atoms with E-state index in [1.165, 1.54) is 57.8 Å². The maximum atomic E-state index is 6.19. The molecular weight excluding hydrogens is 248 g/mol. The molecule has 0 bridgehead atoms. The molecule has 0 aromatic carbocycles. The summed E-state index contributed by atoms with van der Waals surface area (Å²) in [6.45, 7) is 14.9. The van der Waals surface area contributed by atoms with Gasteiger partial charge in [-0.05, 0) is 24.6 Å². The highest BCUT2D eigenvalue weighted by Crippen LogP contribution is 2.36. The van der Waals surface area contributed by atoms with Crippen LogP contribution in [0.15, 0.2) is 0 Å². The van der Waals surface area contributed by atoms with Gasteiger partial charge in [0.15, 0.2) is 8.32 Å². The third-order valence-electron chi connectivity index (χ3n) is 4.52. The van der Waals surface area contributed by atoms with E-state index < -0.39 is 8.32 Å². The molecule has 0 atom stereocenters. The minimum Gasteiger partial charge on any atom is -0.417 e. The van der Waals surface area contributed by atoms with Gasteiger partial charge in [-0.15, -0.1) is 0 Å². The second kappa shape index (κ2) is 9.98. The van der Waals surface area contributed by atoms with Crippen molar-refractivity contribution in [2.75, 3.05) is 6.61 Å². The van der Waals surface area contributed by atoms with Gasteiger partial charge in [0, 0.05) is 6.61 Å². The van der Waals surface area contributed by atoms with E-state index in [9.17, 15) is 0 Å². The Labute approximate surface area is 123 Å². The highest BCUT2D eigenvalue weighted by Gasteiger charge is 2.36. The van der Waals surface area contributed by atoms with E-state index in [1.54, 1.807) is 0 Å². The molecule has 0 saturated carbocycles. The van der Waals surface area contributed by atoms with Crippen LogP contribution in [0, 0.1) is 0 Å². The molecule has 0 unspecified atom stereocenters. The van der Waals surface area contributed by atoms with Crippen LogP contribution in [0.3, 0.4) is 0 Å². The third-order valence-corrected chi connectivity index (χ3v) is 9.06. The molecule has 0 aromatic heterocycles. The van der Waals surface area contributed by atoms with Crippen molar-refractivity contribution < 1.29 is 4.43 Å². The van der Waals surface area contributed by atoms with E-state index in [4.69, 9.17) is 4.43 Å². The minimum absolute atomic E-state index is 0.353. The molecule has 2 heteroatoms. The van der Waals surface area contributed by atoms with Crippen molar-refractivity contribution in [2.24, 2.45) is 0 Å². The van der Waals surface area contributed by atoms with Crippen LogP contribution in [0.5, 0.6) is 0 Å². The normalized spacial score (nSPS) is 12.9. The maximum Gasteiger partial charge on any atom is 0.191 e. The Hall–Kier alpha value is 0.177. The lowest BCUT2D eigenvalue weighted by Gasteiger charge is -2.36. The quantitative estimate of drug-likeness (QED) is 0.309. The summed E-state index contributed by atoms with van der Waals surface area (Å²) in [4.78, 5) is 0. The predicted molar refractivity (Wildman–Crippen MR) is 90.4 cm³/mol. The Balaban J connectivity index is 3.37. The molecule has 0 amide bonds. The molecule has 0 saturated heterocycles. The number of rotatable bonds is 11. The monoisotopic (exact) mass is 286 g/mol. The number of hydrogen-bond donors (Lipinski definition) is 0. The van der Waals surface area contributed by atoms with E-state index in [0.29, 0.717) is 5.04 Å². The van der Waals surface area contributed by atoms with Crippen molar-refractivity contribution in [3.05, 3.63) is 0 Å². The van der Waals surface area contributed by atoms with E-state index in [1.807, 2.05) is 0 Å². The molecule has 0 aromatic rings. The summed E-state index contributed by atoms with van der Waals surface area (Å²) in [6.07, 6.45) is 12.5. The molecule has 116 valence electrons. The average Bonchev–Trinajstić information content (AvgIpc) is 2.30. The summed E-state index contributed by atoms with van der Waals surface area (Å²) in [5.41, 5.74) is 0. The topological polar surface area (TPSA) is 9.23 Å². The SMILES string of the molecule is CCCCCCCCCCCO[Si](C)(C)C(C)(C)C. The van der Waals surface area contributed by atoms with E-state index in [2.05, 4.69) is 40.8 Å². The van der Waals surface area contributed by atoms with E-state index in [-0.39, 0.29) is 0 Å². The standard InChI is InChI=1S/C17H38OSi/c1-7-8-9-10-11-12-13-14-15-16-18-19(5,6)17(2,3)4/h7-16H2,1-6H3. The smallest absolute Gasteiger partial charge is 0.191 e. The highest BCUT2D eigenvalue weighted by atomic mass is 28.4. The van der Waals surface area contributed by atoms with Crippen molar-refractivity contribution in [1.82, 2.24) is 0 Å². The second-order valence-corrected chi connectivity index (χ2v) is 12.2. The zero-order valence-corrected chi connectivity index (χ0v) is 15.5. The van der Waals surface area contributed by atoms with Gasteiger partial charge in [0.2, 0.25) is 0 Å². The maximum absolute atomic E-state index is 6.19. The Morgan fingerprint density at radius 2 is 1.16 bits per heavy atom. The first-order chi connectivity index (χ1) is 8.81. The molecule has 0 aliphatic rings. The van der Waals surface area contributed by atoms with Crippen molar-refractivity contribution >= 4 is 8.32 Å². The van der Waals surface area contributed by atoms with Gasteiger partial charge in [0.25, 0.3) is 0 Å². The predicted octanol–water partition coefficient (Wildman–Crippen LogP) is 6.54. The summed E-state index contributed by atoms with van der Waals surface area (Å²) in [5, 5.41) is 0.353. The van der Waals surface area contributed by atoms with Crippen LogP contribution >= 0.6 is 0 Å². The first kappa shape index (κ1) is 19.2. The molecule has 19 heavy (non-hydrogen) atoms. The van der Waals surface area contributed by atoms with Gasteiger partial charge in [-0.25, -0.2) is 0 Å². The van der Waals surface area contributed by atoms with Gasteiger partial charge in [-0.2, -0.15) is 0 Å². The molecule has 1 nitrogen and oxygen atoms in total. The molecule has 0 fully saturated rings. The Morgan fingerprint density at radius 1 is 0.737 bits per heavy atom. The lowest BCUT2D eigenvalue weighted by molar-refractivity contribution is 0.277. The molecule has 0 N–H and O–H groups in total. The average molecular weight is 287 g/mol. The van der Waals surface area contributed by atoms with Crippen molar-refractivity contribution in [2.45, 2.75) is 104 Å². The highest BCUT2D eigenvalue weighted by molar-refractivity contribution is 6.74. The third kappa shape index (κ3) is 9.67. The molecule has 0 rings (SSSR count). The Kier molecular flexibility index (Phi) is 10.1.